The van der Waals surface area contributed by atoms with Gasteiger partial charge in [0.1, 0.15) is 5.00 Å². The summed E-state index contributed by atoms with van der Waals surface area (Å²) in [6.07, 6.45) is 1.03. The lowest BCUT2D eigenvalue weighted by molar-refractivity contribution is -0.129. The zero-order valence-corrected chi connectivity index (χ0v) is 25.9. The summed E-state index contributed by atoms with van der Waals surface area (Å²) in [4.78, 5) is 54.4. The molecule has 41 heavy (non-hydrogen) atoms. The fourth-order valence-electron chi connectivity index (χ4n) is 4.38. The van der Waals surface area contributed by atoms with Crippen LogP contribution in [0.2, 0.25) is 10.0 Å². The maximum absolute atomic E-state index is 13.4. The molecule has 0 spiro atoms. The summed E-state index contributed by atoms with van der Waals surface area (Å²) in [6, 6.07) is 11.8. The minimum Gasteiger partial charge on any atom is -0.462 e. The van der Waals surface area contributed by atoms with Gasteiger partial charge in [0.15, 0.2) is 0 Å². The van der Waals surface area contributed by atoms with Gasteiger partial charge >= 0.3 is 5.97 Å². The van der Waals surface area contributed by atoms with E-state index in [0.29, 0.717) is 52.8 Å². The Morgan fingerprint density at radius 3 is 2.56 bits per heavy atom. The number of nitrogens with one attached hydrogen (secondary N) is 2. The van der Waals surface area contributed by atoms with Crippen LogP contribution in [0.4, 0.5) is 10.7 Å². The number of nitrogens with zero attached hydrogens (tertiary/aromatic N) is 1. The van der Waals surface area contributed by atoms with E-state index in [2.05, 4.69) is 10.6 Å². The number of thiophene rings is 1. The highest BCUT2D eigenvalue weighted by molar-refractivity contribution is 8.00. The first kappa shape index (κ1) is 30.9. The van der Waals surface area contributed by atoms with Crippen LogP contribution >= 0.6 is 46.3 Å². The molecule has 8 nitrogen and oxygen atoms in total. The topological polar surface area (TPSA) is 105 Å². The molecule has 0 bridgehead atoms. The standard InChI is InChI=1S/C29H29Cl2N3O5S2/c1-4-23(40-19-8-6-7-18(14-19)32-26(36)20-10-9-17(30)13-22(20)31)27(37)33-28-25(29(38)39-5-2)21-11-12-34(16(3)35)15-24(21)41-28/h6-10,13-14,23H,4-5,11-12,15H2,1-3H3,(H,32,36)(H,33,37). The second kappa shape index (κ2) is 13.7. The van der Waals surface area contributed by atoms with E-state index in [1.807, 2.05) is 13.0 Å². The Hall–Kier alpha value is -3.05. The number of benzene rings is 2. The number of esters is 1. The van der Waals surface area contributed by atoms with Gasteiger partial charge in [0.2, 0.25) is 11.8 Å². The molecule has 12 heteroatoms. The van der Waals surface area contributed by atoms with Crippen molar-refractivity contribution in [3.05, 3.63) is 74.1 Å². The summed E-state index contributed by atoms with van der Waals surface area (Å²) in [7, 11) is 0. The summed E-state index contributed by atoms with van der Waals surface area (Å²) in [6.45, 7) is 6.26. The van der Waals surface area contributed by atoms with E-state index in [0.717, 1.165) is 15.3 Å². The Bertz CT molecular complexity index is 1490. The number of halogens is 2. The number of hydrogen-bond donors (Lipinski definition) is 2. The molecule has 1 atom stereocenters. The van der Waals surface area contributed by atoms with Crippen LogP contribution in [0.15, 0.2) is 47.4 Å². The van der Waals surface area contributed by atoms with Crippen LogP contribution in [-0.2, 0) is 27.3 Å². The van der Waals surface area contributed by atoms with Gasteiger partial charge in [0.25, 0.3) is 5.91 Å². The highest BCUT2D eigenvalue weighted by Crippen LogP contribution is 2.39. The van der Waals surface area contributed by atoms with Crippen LogP contribution in [0.3, 0.4) is 0 Å². The fourth-order valence-corrected chi connectivity index (χ4v) is 7.14. The van der Waals surface area contributed by atoms with Gasteiger partial charge in [-0.3, -0.25) is 14.4 Å². The molecule has 2 N–H and O–H groups in total. The maximum atomic E-state index is 13.4. The summed E-state index contributed by atoms with van der Waals surface area (Å²) in [5, 5.41) is 6.43. The van der Waals surface area contributed by atoms with Crippen molar-refractivity contribution in [2.24, 2.45) is 0 Å². The highest BCUT2D eigenvalue weighted by atomic mass is 35.5. The van der Waals surface area contributed by atoms with Crippen LogP contribution < -0.4 is 10.6 Å². The predicted octanol–water partition coefficient (Wildman–Crippen LogP) is 6.90. The van der Waals surface area contributed by atoms with Crippen molar-refractivity contribution < 1.29 is 23.9 Å². The third-order valence-corrected chi connectivity index (χ3v) is 9.47. The predicted molar refractivity (Wildman–Crippen MR) is 164 cm³/mol. The van der Waals surface area contributed by atoms with E-state index >= 15 is 0 Å². The number of hydrogen-bond acceptors (Lipinski definition) is 7. The van der Waals surface area contributed by atoms with Gasteiger partial charge < -0.3 is 20.3 Å². The lowest BCUT2D eigenvalue weighted by Crippen LogP contribution is -2.34. The number of amides is 3. The second-order valence-corrected chi connectivity index (χ2v) is 12.5. The molecular formula is C29H29Cl2N3O5S2. The number of anilines is 2. The van der Waals surface area contributed by atoms with Crippen molar-refractivity contribution in [3.8, 4) is 0 Å². The molecule has 1 unspecified atom stereocenters. The number of rotatable bonds is 9. The summed E-state index contributed by atoms with van der Waals surface area (Å²) in [5.41, 5.74) is 2.04. The monoisotopic (exact) mass is 633 g/mol. The molecule has 0 fully saturated rings. The minimum absolute atomic E-state index is 0.0375. The van der Waals surface area contributed by atoms with E-state index in [4.69, 9.17) is 27.9 Å². The maximum Gasteiger partial charge on any atom is 0.341 e. The molecule has 3 amide bonds. The van der Waals surface area contributed by atoms with Crippen LogP contribution in [0.25, 0.3) is 0 Å². The van der Waals surface area contributed by atoms with E-state index < -0.39 is 11.2 Å². The first-order valence-corrected chi connectivity index (χ1v) is 15.5. The largest absolute Gasteiger partial charge is 0.462 e. The van der Waals surface area contributed by atoms with Gasteiger partial charge in [-0.15, -0.1) is 23.1 Å². The highest BCUT2D eigenvalue weighted by Gasteiger charge is 2.31. The summed E-state index contributed by atoms with van der Waals surface area (Å²) < 4.78 is 5.30. The molecule has 0 radical (unpaired) electrons. The lowest BCUT2D eigenvalue weighted by atomic mass is 10.0. The zero-order valence-electron chi connectivity index (χ0n) is 22.7. The van der Waals surface area contributed by atoms with Gasteiger partial charge in [0, 0.05) is 34.0 Å². The Morgan fingerprint density at radius 2 is 1.88 bits per heavy atom. The van der Waals surface area contributed by atoms with Crippen molar-refractivity contribution in [2.45, 2.75) is 50.3 Å². The van der Waals surface area contributed by atoms with Crippen LogP contribution in [-0.4, -0.2) is 47.0 Å². The van der Waals surface area contributed by atoms with Crippen molar-refractivity contribution >= 4 is 80.7 Å². The van der Waals surface area contributed by atoms with Gasteiger partial charge in [-0.05, 0) is 61.7 Å². The third-order valence-electron chi connectivity index (χ3n) is 6.43. The van der Waals surface area contributed by atoms with Gasteiger partial charge in [-0.1, -0.05) is 36.2 Å². The molecule has 216 valence electrons. The van der Waals surface area contributed by atoms with E-state index in [-0.39, 0.29) is 29.4 Å². The number of carbonyl (C=O) groups is 4. The first-order chi connectivity index (χ1) is 19.6. The smallest absolute Gasteiger partial charge is 0.341 e. The van der Waals surface area contributed by atoms with E-state index in [1.54, 1.807) is 42.2 Å². The van der Waals surface area contributed by atoms with Crippen LogP contribution in [0.5, 0.6) is 0 Å². The average Bonchev–Trinajstić information content (AvgIpc) is 3.28. The van der Waals surface area contributed by atoms with Crippen LogP contribution in [0.1, 0.15) is 58.3 Å². The van der Waals surface area contributed by atoms with Gasteiger partial charge in [-0.25, -0.2) is 4.79 Å². The molecule has 3 aromatic rings. The molecule has 1 aliphatic heterocycles. The average molecular weight is 635 g/mol. The van der Waals surface area contributed by atoms with Gasteiger partial charge in [0.05, 0.1) is 34.6 Å². The SMILES string of the molecule is CCOC(=O)c1c(NC(=O)C(CC)Sc2cccc(NC(=O)c3ccc(Cl)cc3Cl)c2)sc2c1CCN(C(C)=O)C2. The lowest BCUT2D eigenvalue weighted by Gasteiger charge is -2.25. The van der Waals surface area contributed by atoms with Crippen LogP contribution in [0, 0.1) is 0 Å². The van der Waals surface area contributed by atoms with E-state index in [9.17, 15) is 19.2 Å². The quantitative estimate of drug-likeness (QED) is 0.196. The van der Waals surface area contributed by atoms with Crippen molar-refractivity contribution in [1.82, 2.24) is 4.90 Å². The normalized spacial score (nSPS) is 13.2. The molecule has 2 heterocycles. The molecule has 1 aliphatic rings. The Labute approximate surface area is 256 Å². The Balaban J connectivity index is 1.50. The Kier molecular flexibility index (Phi) is 10.4. The van der Waals surface area contributed by atoms with Crippen molar-refractivity contribution in [3.63, 3.8) is 0 Å². The summed E-state index contributed by atoms with van der Waals surface area (Å²) in [5.74, 6) is -1.16. The fraction of sp³-hybridized carbons (Fsp3) is 0.310. The molecule has 0 saturated heterocycles. The van der Waals surface area contributed by atoms with Gasteiger partial charge in [-0.2, -0.15) is 0 Å². The minimum atomic E-state index is -0.485. The number of ether oxygens (including phenoxy) is 1. The zero-order chi connectivity index (χ0) is 29.7. The third kappa shape index (κ3) is 7.43. The first-order valence-electron chi connectivity index (χ1n) is 13.0. The van der Waals surface area contributed by atoms with E-state index in [1.165, 1.54) is 36.1 Å². The number of thioether (sulfide) groups is 1. The van der Waals surface area contributed by atoms with Crippen molar-refractivity contribution in [1.29, 1.82) is 0 Å². The summed E-state index contributed by atoms with van der Waals surface area (Å²) >= 11 is 14.8. The molecule has 1 aromatic heterocycles. The second-order valence-electron chi connectivity index (χ2n) is 9.23. The molecular weight excluding hydrogens is 605 g/mol. The number of carbonyl (C=O) groups excluding carboxylic acids is 4. The molecule has 4 rings (SSSR count). The molecule has 2 aromatic carbocycles. The number of fused-ring (bicyclic) bond motifs is 1. The molecule has 0 aliphatic carbocycles. The molecule has 0 saturated carbocycles. The Morgan fingerprint density at radius 1 is 1.10 bits per heavy atom. The van der Waals surface area contributed by atoms with Crippen molar-refractivity contribution in [2.75, 3.05) is 23.8 Å².